The molecule has 3 amide bonds. The molecule has 1 aromatic rings. The second kappa shape index (κ2) is 14.3. The number of benzene rings is 1. The molecule has 180 valence electrons. The van der Waals surface area contributed by atoms with Crippen LogP contribution < -0.4 is 16.4 Å². The highest BCUT2D eigenvalue weighted by molar-refractivity contribution is 5.81. The molecule has 1 rings (SSSR count). The van der Waals surface area contributed by atoms with Gasteiger partial charge in [0.2, 0.25) is 5.91 Å². The summed E-state index contributed by atoms with van der Waals surface area (Å²) in [5.74, 6) is -0.265. The second-order valence-corrected chi connectivity index (χ2v) is 8.44. The Morgan fingerprint density at radius 2 is 1.75 bits per heavy atom. The Kier molecular flexibility index (Phi) is 12.2. The highest BCUT2D eigenvalue weighted by atomic mass is 16.6. The Morgan fingerprint density at radius 3 is 2.38 bits per heavy atom. The van der Waals surface area contributed by atoms with Crippen molar-refractivity contribution >= 4 is 18.1 Å². The average Bonchev–Trinajstić information content (AvgIpc) is 2.74. The number of nitrogens with one attached hydrogen (secondary N) is 2. The predicted molar refractivity (Wildman–Crippen MR) is 123 cm³/mol. The lowest BCUT2D eigenvalue weighted by Crippen LogP contribution is -2.44. The summed E-state index contributed by atoms with van der Waals surface area (Å²) in [5, 5.41) is 5.43. The molecule has 0 heterocycles. The fraction of sp³-hybridized carbons (Fsp3) is 0.609. The molecule has 32 heavy (non-hydrogen) atoms. The van der Waals surface area contributed by atoms with E-state index in [9.17, 15) is 14.4 Å². The number of carbonyl (C=O) groups excluding carboxylic acids is 3. The standard InChI is InChI=1S/C23H38N4O5/c1-5-27(22(30)31-17-18-11-7-6-8-12-18)16-15-25-20(28)19(24)13-9-10-14-26-21(29)32-23(2,3)4/h6-8,11-12,19H,5,9-10,13-17,24H2,1-4H3,(H,25,28)(H,26,29)/t19-/m0/s1. The van der Waals surface area contributed by atoms with E-state index in [1.54, 1.807) is 20.8 Å². The fourth-order valence-corrected chi connectivity index (χ4v) is 2.76. The van der Waals surface area contributed by atoms with Crippen molar-refractivity contribution in [2.45, 2.75) is 65.2 Å². The van der Waals surface area contributed by atoms with Crippen molar-refractivity contribution in [1.29, 1.82) is 0 Å². The molecule has 1 atom stereocenters. The van der Waals surface area contributed by atoms with Crippen molar-refractivity contribution in [2.24, 2.45) is 5.73 Å². The van der Waals surface area contributed by atoms with Gasteiger partial charge in [-0.25, -0.2) is 9.59 Å². The van der Waals surface area contributed by atoms with Gasteiger partial charge in [0, 0.05) is 26.2 Å². The SMILES string of the molecule is CCN(CCNC(=O)[C@@H](N)CCCCNC(=O)OC(C)(C)C)C(=O)OCc1ccccc1. The number of alkyl carbamates (subject to hydrolysis) is 1. The van der Waals surface area contributed by atoms with Gasteiger partial charge in [0.05, 0.1) is 6.04 Å². The van der Waals surface area contributed by atoms with Crippen LogP contribution in [0.1, 0.15) is 52.5 Å². The zero-order valence-electron chi connectivity index (χ0n) is 19.7. The van der Waals surface area contributed by atoms with Gasteiger partial charge in [-0.15, -0.1) is 0 Å². The molecular weight excluding hydrogens is 412 g/mol. The van der Waals surface area contributed by atoms with Crippen molar-refractivity contribution in [3.05, 3.63) is 35.9 Å². The number of hydrogen-bond acceptors (Lipinski definition) is 6. The smallest absolute Gasteiger partial charge is 0.410 e. The zero-order valence-corrected chi connectivity index (χ0v) is 19.7. The average molecular weight is 451 g/mol. The van der Waals surface area contributed by atoms with E-state index in [1.165, 1.54) is 4.90 Å². The van der Waals surface area contributed by atoms with E-state index in [1.807, 2.05) is 37.3 Å². The molecule has 0 aliphatic heterocycles. The number of ether oxygens (including phenoxy) is 2. The fourth-order valence-electron chi connectivity index (χ4n) is 2.76. The molecule has 0 saturated carbocycles. The number of carbonyl (C=O) groups is 3. The van der Waals surface area contributed by atoms with E-state index in [-0.39, 0.29) is 12.5 Å². The minimum atomic E-state index is -0.642. The number of hydrogen-bond donors (Lipinski definition) is 3. The summed E-state index contributed by atoms with van der Waals surface area (Å²) in [6.45, 7) is 9.02. The quantitative estimate of drug-likeness (QED) is 0.421. The van der Waals surface area contributed by atoms with Crippen molar-refractivity contribution in [1.82, 2.24) is 15.5 Å². The zero-order chi connectivity index (χ0) is 24.0. The number of likely N-dealkylation sites (N-methyl/N-ethyl adjacent to an activating group) is 1. The van der Waals surface area contributed by atoms with Gasteiger partial charge in [0.1, 0.15) is 12.2 Å². The van der Waals surface area contributed by atoms with E-state index in [0.717, 1.165) is 5.56 Å². The lowest BCUT2D eigenvalue weighted by molar-refractivity contribution is -0.122. The maximum absolute atomic E-state index is 12.2. The third-order valence-corrected chi connectivity index (χ3v) is 4.47. The van der Waals surface area contributed by atoms with Gasteiger partial charge in [0.15, 0.2) is 0 Å². The van der Waals surface area contributed by atoms with E-state index >= 15 is 0 Å². The van der Waals surface area contributed by atoms with Crippen LogP contribution >= 0.6 is 0 Å². The molecule has 0 bridgehead atoms. The first kappa shape index (κ1) is 27.2. The van der Waals surface area contributed by atoms with Gasteiger partial charge in [-0.2, -0.15) is 0 Å². The number of amides is 3. The molecule has 4 N–H and O–H groups in total. The van der Waals surface area contributed by atoms with Gasteiger partial charge in [0.25, 0.3) is 0 Å². The van der Waals surface area contributed by atoms with Crippen LogP contribution in [0.2, 0.25) is 0 Å². The van der Waals surface area contributed by atoms with E-state index in [4.69, 9.17) is 15.2 Å². The lowest BCUT2D eigenvalue weighted by Gasteiger charge is -2.21. The first-order valence-electron chi connectivity index (χ1n) is 11.1. The molecular formula is C23H38N4O5. The largest absolute Gasteiger partial charge is 0.445 e. The Bertz CT molecular complexity index is 706. The summed E-state index contributed by atoms with van der Waals surface area (Å²) in [4.78, 5) is 37.5. The molecule has 0 aromatic heterocycles. The van der Waals surface area contributed by atoms with Gasteiger partial charge in [-0.3, -0.25) is 4.79 Å². The van der Waals surface area contributed by atoms with Crippen LogP contribution in [-0.2, 0) is 20.9 Å². The Morgan fingerprint density at radius 1 is 1.06 bits per heavy atom. The third-order valence-electron chi connectivity index (χ3n) is 4.47. The Hall–Kier alpha value is -2.81. The molecule has 0 aliphatic rings. The van der Waals surface area contributed by atoms with Crippen LogP contribution in [0.4, 0.5) is 9.59 Å². The molecule has 0 spiro atoms. The number of unbranched alkanes of at least 4 members (excludes halogenated alkanes) is 1. The van der Waals surface area contributed by atoms with Crippen molar-refractivity contribution in [2.75, 3.05) is 26.2 Å². The van der Waals surface area contributed by atoms with E-state index < -0.39 is 23.8 Å². The molecule has 1 aromatic carbocycles. The third kappa shape index (κ3) is 12.1. The minimum absolute atomic E-state index is 0.205. The maximum Gasteiger partial charge on any atom is 0.410 e. The van der Waals surface area contributed by atoms with Crippen molar-refractivity contribution in [3.63, 3.8) is 0 Å². The summed E-state index contributed by atoms with van der Waals surface area (Å²) >= 11 is 0. The van der Waals surface area contributed by atoms with Gasteiger partial charge < -0.3 is 30.7 Å². The molecule has 9 nitrogen and oxygen atoms in total. The van der Waals surface area contributed by atoms with Crippen molar-refractivity contribution in [3.8, 4) is 0 Å². The number of nitrogens with two attached hydrogens (primary N) is 1. The minimum Gasteiger partial charge on any atom is -0.445 e. The number of rotatable bonds is 12. The molecule has 0 unspecified atom stereocenters. The monoisotopic (exact) mass is 450 g/mol. The first-order chi connectivity index (χ1) is 15.1. The normalized spacial score (nSPS) is 11.9. The van der Waals surface area contributed by atoms with E-state index in [2.05, 4.69) is 10.6 Å². The van der Waals surface area contributed by atoms with Gasteiger partial charge in [-0.1, -0.05) is 30.3 Å². The van der Waals surface area contributed by atoms with Gasteiger partial charge >= 0.3 is 12.2 Å². The molecule has 0 fully saturated rings. The Balaban J connectivity index is 2.19. The Labute approximate surface area is 191 Å². The summed E-state index contributed by atoms with van der Waals surface area (Å²) in [7, 11) is 0. The van der Waals surface area contributed by atoms with Crippen LogP contribution in [0.5, 0.6) is 0 Å². The molecule has 0 saturated heterocycles. The molecule has 9 heteroatoms. The maximum atomic E-state index is 12.2. The summed E-state index contributed by atoms with van der Waals surface area (Å²) < 4.78 is 10.5. The molecule has 0 radical (unpaired) electrons. The van der Waals surface area contributed by atoms with E-state index in [0.29, 0.717) is 45.4 Å². The highest BCUT2D eigenvalue weighted by Gasteiger charge is 2.17. The highest BCUT2D eigenvalue weighted by Crippen LogP contribution is 2.07. The summed E-state index contributed by atoms with van der Waals surface area (Å²) in [5.41, 5.74) is 6.32. The van der Waals surface area contributed by atoms with Crippen molar-refractivity contribution < 1.29 is 23.9 Å². The predicted octanol–water partition coefficient (Wildman–Crippen LogP) is 2.78. The summed E-state index contributed by atoms with van der Waals surface area (Å²) in [6, 6.07) is 8.81. The first-order valence-corrected chi connectivity index (χ1v) is 11.1. The van der Waals surface area contributed by atoms with Crippen LogP contribution in [0.15, 0.2) is 30.3 Å². The molecule has 0 aliphatic carbocycles. The van der Waals surface area contributed by atoms with Crippen LogP contribution in [-0.4, -0.2) is 60.8 Å². The lowest BCUT2D eigenvalue weighted by atomic mass is 10.1. The second-order valence-electron chi connectivity index (χ2n) is 8.44. The van der Waals surface area contributed by atoms with Crippen LogP contribution in [0.3, 0.4) is 0 Å². The topological polar surface area (TPSA) is 123 Å². The summed E-state index contributed by atoms with van der Waals surface area (Å²) in [6.07, 6.45) is 1.00. The van der Waals surface area contributed by atoms with Gasteiger partial charge in [-0.05, 0) is 52.5 Å². The van der Waals surface area contributed by atoms with Crippen LogP contribution in [0.25, 0.3) is 0 Å². The van der Waals surface area contributed by atoms with Crippen LogP contribution in [0, 0.1) is 0 Å². The number of nitrogens with zero attached hydrogens (tertiary/aromatic N) is 1.